The Morgan fingerprint density at radius 2 is 1.65 bits per heavy atom. The Hall–Kier alpha value is -1.52. The quantitative estimate of drug-likeness (QED) is 0.881. The molecule has 5 heteroatoms. The molecule has 0 saturated heterocycles. The van der Waals surface area contributed by atoms with Crippen molar-refractivity contribution in [3.8, 4) is 0 Å². The normalized spacial score (nSPS) is 13.9. The van der Waals surface area contributed by atoms with Gasteiger partial charge in [-0.3, -0.25) is 4.79 Å². The Kier molecular flexibility index (Phi) is 4.84. The lowest BCUT2D eigenvalue weighted by molar-refractivity contribution is -0.137. The predicted octanol–water partition coefficient (Wildman–Crippen LogP) is 4.32. The van der Waals surface area contributed by atoms with Crippen LogP contribution in [0.1, 0.15) is 51.3 Å². The molecule has 1 atom stereocenters. The van der Waals surface area contributed by atoms with Crippen molar-refractivity contribution < 1.29 is 18.0 Å². The lowest BCUT2D eigenvalue weighted by Crippen LogP contribution is -2.29. The second-order valence-corrected chi connectivity index (χ2v) is 6.14. The van der Waals surface area contributed by atoms with Gasteiger partial charge in [0.1, 0.15) is 0 Å². The molecule has 1 rings (SSSR count). The monoisotopic (exact) mass is 287 g/mol. The summed E-state index contributed by atoms with van der Waals surface area (Å²) in [5.41, 5.74) is -0.0442. The van der Waals surface area contributed by atoms with Crippen molar-refractivity contribution in [3.05, 3.63) is 35.4 Å². The molecule has 1 aromatic carbocycles. The van der Waals surface area contributed by atoms with Crippen LogP contribution in [0.4, 0.5) is 13.2 Å². The first-order chi connectivity index (χ1) is 8.99. The molecule has 0 heterocycles. The van der Waals surface area contributed by atoms with Gasteiger partial charge in [-0.25, -0.2) is 0 Å². The molecule has 1 N–H and O–H groups in total. The zero-order valence-electron chi connectivity index (χ0n) is 12.1. The Balaban J connectivity index is 2.99. The molecule has 0 fully saturated rings. The van der Waals surface area contributed by atoms with E-state index in [0.717, 1.165) is 12.1 Å². The van der Waals surface area contributed by atoms with Crippen LogP contribution in [0.5, 0.6) is 0 Å². The molecule has 0 aliphatic heterocycles. The summed E-state index contributed by atoms with van der Waals surface area (Å²) in [5.74, 6) is -0.195. The Bertz CT molecular complexity index is 457. The number of nitrogens with one attached hydrogen (secondary N) is 1. The number of rotatable bonds is 3. The zero-order chi connectivity index (χ0) is 15.6. The highest BCUT2D eigenvalue weighted by molar-refractivity contribution is 5.73. The Labute approximate surface area is 117 Å². The van der Waals surface area contributed by atoms with Crippen LogP contribution in [0.3, 0.4) is 0 Å². The van der Waals surface area contributed by atoms with E-state index in [4.69, 9.17) is 0 Å². The van der Waals surface area contributed by atoms with Gasteiger partial charge in [-0.2, -0.15) is 13.2 Å². The van der Waals surface area contributed by atoms with Gasteiger partial charge in [0.2, 0.25) is 5.91 Å². The Morgan fingerprint density at radius 3 is 2.00 bits per heavy atom. The van der Waals surface area contributed by atoms with E-state index in [1.54, 1.807) is 0 Å². The first-order valence-electron chi connectivity index (χ1n) is 6.43. The van der Waals surface area contributed by atoms with Gasteiger partial charge in [0, 0.05) is 6.92 Å². The maximum Gasteiger partial charge on any atom is 0.416 e. The van der Waals surface area contributed by atoms with Gasteiger partial charge in [0.05, 0.1) is 11.6 Å². The maximum absolute atomic E-state index is 12.5. The third-order valence-electron chi connectivity index (χ3n) is 2.83. The fraction of sp³-hybridized carbons (Fsp3) is 0.533. The van der Waals surface area contributed by atoms with E-state index in [9.17, 15) is 18.0 Å². The van der Waals surface area contributed by atoms with E-state index in [1.807, 2.05) is 20.8 Å². The average Bonchev–Trinajstić information content (AvgIpc) is 2.24. The van der Waals surface area contributed by atoms with Gasteiger partial charge in [-0.1, -0.05) is 32.9 Å². The number of halogens is 3. The van der Waals surface area contributed by atoms with Crippen molar-refractivity contribution in [2.45, 2.75) is 46.3 Å². The molecule has 1 unspecified atom stereocenters. The summed E-state index contributed by atoms with van der Waals surface area (Å²) in [5, 5.41) is 2.79. The van der Waals surface area contributed by atoms with Crippen LogP contribution in [-0.4, -0.2) is 5.91 Å². The highest BCUT2D eigenvalue weighted by atomic mass is 19.4. The van der Waals surface area contributed by atoms with Gasteiger partial charge < -0.3 is 5.32 Å². The van der Waals surface area contributed by atoms with E-state index < -0.39 is 11.7 Å². The lowest BCUT2D eigenvalue weighted by atomic mass is 9.85. The number of amides is 1. The molecule has 0 bridgehead atoms. The van der Waals surface area contributed by atoms with Crippen LogP contribution in [0.2, 0.25) is 0 Å². The fourth-order valence-corrected chi connectivity index (χ4v) is 2.01. The predicted molar refractivity (Wildman–Crippen MR) is 72.1 cm³/mol. The van der Waals surface area contributed by atoms with E-state index >= 15 is 0 Å². The second kappa shape index (κ2) is 5.85. The van der Waals surface area contributed by atoms with Crippen molar-refractivity contribution in [1.82, 2.24) is 5.32 Å². The molecule has 1 aromatic rings. The van der Waals surface area contributed by atoms with E-state index in [-0.39, 0.29) is 17.4 Å². The third kappa shape index (κ3) is 5.23. The highest BCUT2D eigenvalue weighted by Crippen LogP contribution is 2.33. The van der Waals surface area contributed by atoms with Crippen LogP contribution in [-0.2, 0) is 11.0 Å². The minimum absolute atomic E-state index is 0.0458. The van der Waals surface area contributed by atoms with E-state index in [0.29, 0.717) is 12.0 Å². The smallest absolute Gasteiger partial charge is 0.350 e. The van der Waals surface area contributed by atoms with Gasteiger partial charge in [-0.05, 0) is 29.5 Å². The zero-order valence-corrected chi connectivity index (χ0v) is 12.1. The van der Waals surface area contributed by atoms with Crippen molar-refractivity contribution in [3.63, 3.8) is 0 Å². The molecule has 1 amide bonds. The number of alkyl halides is 3. The van der Waals surface area contributed by atoms with E-state index in [1.165, 1.54) is 19.1 Å². The lowest BCUT2D eigenvalue weighted by Gasteiger charge is -2.27. The summed E-state index contributed by atoms with van der Waals surface area (Å²) in [7, 11) is 0. The van der Waals surface area contributed by atoms with Crippen LogP contribution in [0, 0.1) is 5.41 Å². The summed E-state index contributed by atoms with van der Waals surface area (Å²) >= 11 is 0. The highest BCUT2D eigenvalue weighted by Gasteiger charge is 2.30. The van der Waals surface area contributed by atoms with Crippen molar-refractivity contribution in [1.29, 1.82) is 0 Å². The second-order valence-electron chi connectivity index (χ2n) is 6.14. The summed E-state index contributed by atoms with van der Waals surface area (Å²) in [4.78, 5) is 11.2. The van der Waals surface area contributed by atoms with E-state index in [2.05, 4.69) is 5.32 Å². The standard InChI is InChI=1S/C15H20F3NO/c1-10(20)19-13(9-14(2,3)4)11-5-7-12(8-6-11)15(16,17)18/h5-8,13H,9H2,1-4H3,(H,19,20). The molecule has 0 aliphatic rings. The summed E-state index contributed by atoms with van der Waals surface area (Å²) in [6.45, 7) is 7.46. The number of hydrogen-bond donors (Lipinski definition) is 1. The molecule has 0 aliphatic carbocycles. The Morgan fingerprint density at radius 1 is 1.15 bits per heavy atom. The molecule has 0 radical (unpaired) electrons. The van der Waals surface area contributed by atoms with Crippen LogP contribution in [0.25, 0.3) is 0 Å². The minimum Gasteiger partial charge on any atom is -0.350 e. The SMILES string of the molecule is CC(=O)NC(CC(C)(C)C)c1ccc(C(F)(F)F)cc1. The molecule has 2 nitrogen and oxygen atoms in total. The maximum atomic E-state index is 12.5. The topological polar surface area (TPSA) is 29.1 Å². The summed E-state index contributed by atoms with van der Waals surface area (Å²) in [6, 6.07) is 4.67. The largest absolute Gasteiger partial charge is 0.416 e. The molecular formula is C15H20F3NO. The first kappa shape index (κ1) is 16.5. The molecule has 112 valence electrons. The molecule has 0 aromatic heterocycles. The van der Waals surface area contributed by atoms with Crippen molar-refractivity contribution in [2.75, 3.05) is 0 Å². The summed E-state index contributed by atoms with van der Waals surface area (Å²) in [6.07, 6.45) is -3.69. The third-order valence-corrected chi connectivity index (χ3v) is 2.83. The average molecular weight is 287 g/mol. The molecular weight excluding hydrogens is 267 g/mol. The number of hydrogen-bond acceptors (Lipinski definition) is 1. The fourth-order valence-electron chi connectivity index (χ4n) is 2.01. The molecule has 0 saturated carbocycles. The van der Waals surface area contributed by atoms with Crippen molar-refractivity contribution in [2.24, 2.45) is 5.41 Å². The van der Waals surface area contributed by atoms with Gasteiger partial charge in [-0.15, -0.1) is 0 Å². The number of carbonyl (C=O) groups excluding carboxylic acids is 1. The van der Waals surface area contributed by atoms with Crippen LogP contribution in [0.15, 0.2) is 24.3 Å². The molecule has 20 heavy (non-hydrogen) atoms. The first-order valence-corrected chi connectivity index (χ1v) is 6.43. The van der Waals surface area contributed by atoms with Gasteiger partial charge in [0.25, 0.3) is 0 Å². The summed E-state index contributed by atoms with van der Waals surface area (Å²) < 4.78 is 37.6. The molecule has 0 spiro atoms. The number of carbonyl (C=O) groups is 1. The minimum atomic E-state index is -4.34. The van der Waals surface area contributed by atoms with Crippen LogP contribution < -0.4 is 5.32 Å². The van der Waals surface area contributed by atoms with Crippen molar-refractivity contribution >= 4 is 5.91 Å². The van der Waals surface area contributed by atoms with Gasteiger partial charge >= 0.3 is 6.18 Å². The van der Waals surface area contributed by atoms with Crippen LogP contribution >= 0.6 is 0 Å². The van der Waals surface area contributed by atoms with Gasteiger partial charge in [0.15, 0.2) is 0 Å². The number of benzene rings is 1.